The van der Waals surface area contributed by atoms with Crippen molar-refractivity contribution in [1.29, 1.82) is 0 Å². The molecule has 90 valence electrons. The first-order chi connectivity index (χ1) is 7.56. The third-order valence-electron chi connectivity index (χ3n) is 2.46. The van der Waals surface area contributed by atoms with E-state index in [1.807, 2.05) is 43.2 Å². The lowest BCUT2D eigenvalue weighted by molar-refractivity contribution is 0.787. The van der Waals surface area contributed by atoms with Gasteiger partial charge in [-0.15, -0.1) is 0 Å². The van der Waals surface area contributed by atoms with Crippen LogP contribution >= 0.6 is 0 Å². The molecule has 0 fully saturated rings. The minimum absolute atomic E-state index is 0.681. The zero-order chi connectivity index (χ0) is 12.1. The molecule has 0 radical (unpaired) electrons. The van der Waals surface area contributed by atoms with Crippen LogP contribution < -0.4 is 21.3 Å². The zero-order valence-electron chi connectivity index (χ0n) is 10.3. The summed E-state index contributed by atoms with van der Waals surface area (Å²) in [6, 6.07) is 1.93. The molecule has 0 saturated carbocycles. The van der Waals surface area contributed by atoms with Crippen LogP contribution in [0.4, 0.5) is 17.2 Å². The van der Waals surface area contributed by atoms with Crippen LogP contribution in [0.5, 0.6) is 0 Å². The van der Waals surface area contributed by atoms with Crippen LogP contribution in [-0.4, -0.2) is 39.2 Å². The second-order valence-electron chi connectivity index (χ2n) is 4.06. The van der Waals surface area contributed by atoms with Crippen LogP contribution in [0.3, 0.4) is 0 Å². The lowest BCUT2D eigenvalue weighted by Crippen LogP contribution is -2.23. The van der Waals surface area contributed by atoms with Gasteiger partial charge in [0.1, 0.15) is 0 Å². The number of hydrogen-bond donors (Lipinski definition) is 2. The summed E-state index contributed by atoms with van der Waals surface area (Å²) >= 11 is 0. The van der Waals surface area contributed by atoms with Crippen molar-refractivity contribution in [2.45, 2.75) is 6.42 Å². The Morgan fingerprint density at radius 3 is 2.50 bits per heavy atom. The van der Waals surface area contributed by atoms with E-state index in [2.05, 4.69) is 4.98 Å². The fraction of sp³-hybridized carbons (Fsp3) is 0.545. The van der Waals surface area contributed by atoms with Crippen molar-refractivity contribution < 1.29 is 0 Å². The van der Waals surface area contributed by atoms with Gasteiger partial charge < -0.3 is 21.3 Å². The van der Waals surface area contributed by atoms with Gasteiger partial charge in [-0.05, 0) is 19.0 Å². The largest absolute Gasteiger partial charge is 0.396 e. The van der Waals surface area contributed by atoms with Gasteiger partial charge in [0.2, 0.25) is 0 Å². The Kier molecular flexibility index (Phi) is 4.37. The number of aromatic nitrogens is 1. The van der Waals surface area contributed by atoms with Gasteiger partial charge >= 0.3 is 0 Å². The monoisotopic (exact) mass is 223 g/mol. The third kappa shape index (κ3) is 3.00. The molecule has 0 atom stereocenters. The molecule has 4 N–H and O–H groups in total. The number of nitrogens with zero attached hydrogens (tertiary/aromatic N) is 3. The molecule has 16 heavy (non-hydrogen) atoms. The average molecular weight is 223 g/mol. The summed E-state index contributed by atoms with van der Waals surface area (Å²) in [4.78, 5) is 8.38. The smallest absolute Gasteiger partial charge is 0.151 e. The Bertz CT molecular complexity index is 337. The molecule has 1 heterocycles. The minimum atomic E-state index is 0.681. The van der Waals surface area contributed by atoms with Crippen molar-refractivity contribution >= 4 is 17.2 Å². The first kappa shape index (κ1) is 12.6. The summed E-state index contributed by atoms with van der Waals surface area (Å²) in [5, 5.41) is 0. The summed E-state index contributed by atoms with van der Waals surface area (Å²) in [6.07, 6.45) is 2.76. The van der Waals surface area contributed by atoms with Crippen molar-refractivity contribution in [2.24, 2.45) is 5.73 Å². The van der Waals surface area contributed by atoms with Gasteiger partial charge in [0.05, 0.1) is 17.6 Å². The molecule has 1 rings (SSSR count). The zero-order valence-corrected chi connectivity index (χ0v) is 10.3. The highest BCUT2D eigenvalue weighted by Gasteiger charge is 2.08. The van der Waals surface area contributed by atoms with Gasteiger partial charge in [0, 0.05) is 27.7 Å². The molecule has 0 bridgehead atoms. The van der Waals surface area contributed by atoms with E-state index in [4.69, 9.17) is 11.5 Å². The van der Waals surface area contributed by atoms with Crippen LogP contribution in [-0.2, 0) is 0 Å². The fourth-order valence-corrected chi connectivity index (χ4v) is 1.46. The maximum absolute atomic E-state index is 5.97. The van der Waals surface area contributed by atoms with Gasteiger partial charge in [-0.3, -0.25) is 0 Å². The van der Waals surface area contributed by atoms with Gasteiger partial charge in [-0.25, -0.2) is 4.98 Å². The van der Waals surface area contributed by atoms with E-state index in [-0.39, 0.29) is 0 Å². The van der Waals surface area contributed by atoms with E-state index in [1.165, 1.54) is 0 Å². The fourth-order valence-electron chi connectivity index (χ4n) is 1.46. The molecule has 0 aliphatic heterocycles. The summed E-state index contributed by atoms with van der Waals surface area (Å²) in [7, 11) is 5.91. The molecule has 5 nitrogen and oxygen atoms in total. The van der Waals surface area contributed by atoms with Crippen molar-refractivity contribution in [3.05, 3.63) is 12.3 Å². The van der Waals surface area contributed by atoms with E-state index in [0.717, 1.165) is 24.5 Å². The summed E-state index contributed by atoms with van der Waals surface area (Å²) in [5.41, 5.74) is 13.1. The number of hydrogen-bond acceptors (Lipinski definition) is 5. The Labute approximate surface area is 97.0 Å². The normalized spacial score (nSPS) is 10.2. The maximum Gasteiger partial charge on any atom is 0.151 e. The lowest BCUT2D eigenvalue weighted by atomic mass is 10.3. The molecule has 5 heteroatoms. The van der Waals surface area contributed by atoms with E-state index in [0.29, 0.717) is 12.2 Å². The van der Waals surface area contributed by atoms with Gasteiger partial charge in [-0.2, -0.15) is 0 Å². The van der Waals surface area contributed by atoms with E-state index < -0.39 is 0 Å². The molecule has 1 aromatic heterocycles. The number of anilines is 3. The quantitative estimate of drug-likeness (QED) is 0.761. The number of pyridine rings is 1. The Morgan fingerprint density at radius 1 is 1.31 bits per heavy atom. The Balaban J connectivity index is 2.81. The molecular weight excluding hydrogens is 202 g/mol. The van der Waals surface area contributed by atoms with Gasteiger partial charge in [0.15, 0.2) is 5.82 Å². The Hall–Kier alpha value is -1.49. The first-order valence-electron chi connectivity index (χ1n) is 5.40. The lowest BCUT2D eigenvalue weighted by Gasteiger charge is -2.21. The highest BCUT2D eigenvalue weighted by Crippen LogP contribution is 2.23. The summed E-state index contributed by atoms with van der Waals surface area (Å²) in [6.45, 7) is 1.55. The molecular formula is C11H21N5. The standard InChI is InChI=1S/C11H21N5/c1-15(2)9-7-10(13)11(14-8-9)16(3)6-4-5-12/h7-8H,4-6,12-13H2,1-3H3. The average Bonchev–Trinajstić information content (AvgIpc) is 2.25. The SMILES string of the molecule is CN(C)c1cnc(N(C)CCCN)c(N)c1. The minimum Gasteiger partial charge on any atom is -0.396 e. The molecule has 0 aromatic carbocycles. The van der Waals surface area contributed by atoms with E-state index >= 15 is 0 Å². The highest BCUT2D eigenvalue weighted by molar-refractivity contribution is 5.67. The molecule has 0 saturated heterocycles. The molecule has 0 unspecified atom stereocenters. The van der Waals surface area contributed by atoms with Crippen LogP contribution in [0.1, 0.15) is 6.42 Å². The third-order valence-corrected chi connectivity index (χ3v) is 2.46. The predicted octanol–water partition coefficient (Wildman–Crippen LogP) is 0.515. The van der Waals surface area contributed by atoms with Crippen LogP contribution in [0.15, 0.2) is 12.3 Å². The second kappa shape index (κ2) is 5.55. The second-order valence-corrected chi connectivity index (χ2v) is 4.06. The molecule has 1 aromatic rings. The number of rotatable bonds is 5. The van der Waals surface area contributed by atoms with Crippen molar-refractivity contribution in [3.63, 3.8) is 0 Å². The van der Waals surface area contributed by atoms with E-state index in [1.54, 1.807) is 0 Å². The molecule has 0 aliphatic carbocycles. The summed E-state index contributed by atoms with van der Waals surface area (Å²) in [5.74, 6) is 0.819. The predicted molar refractivity (Wildman–Crippen MR) is 69.9 cm³/mol. The van der Waals surface area contributed by atoms with Crippen LogP contribution in [0.25, 0.3) is 0 Å². The summed E-state index contributed by atoms with van der Waals surface area (Å²) < 4.78 is 0. The van der Waals surface area contributed by atoms with Crippen molar-refractivity contribution in [1.82, 2.24) is 4.98 Å². The van der Waals surface area contributed by atoms with Gasteiger partial charge in [-0.1, -0.05) is 0 Å². The van der Waals surface area contributed by atoms with E-state index in [9.17, 15) is 0 Å². The molecule has 0 amide bonds. The van der Waals surface area contributed by atoms with Gasteiger partial charge in [0.25, 0.3) is 0 Å². The molecule has 0 aliphatic rings. The topological polar surface area (TPSA) is 71.4 Å². The first-order valence-corrected chi connectivity index (χ1v) is 5.40. The van der Waals surface area contributed by atoms with Crippen molar-refractivity contribution in [2.75, 3.05) is 49.8 Å². The van der Waals surface area contributed by atoms with Crippen molar-refractivity contribution in [3.8, 4) is 0 Å². The maximum atomic E-state index is 5.97. The Morgan fingerprint density at radius 2 is 2.00 bits per heavy atom. The number of nitrogen functional groups attached to an aromatic ring is 1. The molecule has 0 spiro atoms. The number of nitrogens with two attached hydrogens (primary N) is 2. The van der Waals surface area contributed by atoms with Crippen LogP contribution in [0, 0.1) is 0 Å². The highest BCUT2D eigenvalue weighted by atomic mass is 15.2. The van der Waals surface area contributed by atoms with Crippen LogP contribution in [0.2, 0.25) is 0 Å².